The van der Waals surface area contributed by atoms with Crippen LogP contribution in [-0.2, 0) is 11.3 Å². The molecule has 0 aliphatic rings. The SMILES string of the molecule is Cc1nnc(SCC(=O)Nc2ccccc2C(=O)N[C@H](C)c2ccccc2)n1Cc1ccccc1. The molecule has 4 rings (SSSR count). The molecule has 1 atom stereocenters. The molecule has 4 aromatic rings. The Kier molecular flexibility index (Phi) is 7.95. The highest BCUT2D eigenvalue weighted by Gasteiger charge is 2.17. The molecule has 0 spiro atoms. The van der Waals surface area contributed by atoms with Gasteiger partial charge in [0.25, 0.3) is 5.91 Å². The average Bonchev–Trinajstić information content (AvgIpc) is 3.23. The molecular formula is C27H27N5O2S. The summed E-state index contributed by atoms with van der Waals surface area (Å²) in [7, 11) is 0. The molecule has 0 saturated carbocycles. The van der Waals surface area contributed by atoms with Crippen LogP contribution in [0.2, 0.25) is 0 Å². The molecule has 35 heavy (non-hydrogen) atoms. The van der Waals surface area contributed by atoms with Crippen molar-refractivity contribution in [3.63, 3.8) is 0 Å². The first-order chi connectivity index (χ1) is 17.0. The van der Waals surface area contributed by atoms with Crippen LogP contribution in [0.15, 0.2) is 90.1 Å². The highest BCUT2D eigenvalue weighted by atomic mass is 32.2. The smallest absolute Gasteiger partial charge is 0.253 e. The largest absolute Gasteiger partial charge is 0.345 e. The van der Waals surface area contributed by atoms with E-state index < -0.39 is 0 Å². The van der Waals surface area contributed by atoms with Crippen LogP contribution in [0.25, 0.3) is 0 Å². The minimum Gasteiger partial charge on any atom is -0.345 e. The summed E-state index contributed by atoms with van der Waals surface area (Å²) in [6.07, 6.45) is 0. The Morgan fingerprint density at radius 1 is 0.914 bits per heavy atom. The van der Waals surface area contributed by atoms with Crippen molar-refractivity contribution in [3.8, 4) is 0 Å². The molecule has 0 radical (unpaired) electrons. The number of nitrogens with zero attached hydrogens (tertiary/aromatic N) is 3. The Labute approximate surface area is 209 Å². The van der Waals surface area contributed by atoms with Crippen LogP contribution in [0.5, 0.6) is 0 Å². The summed E-state index contributed by atoms with van der Waals surface area (Å²) in [6, 6.07) is 26.6. The molecule has 2 N–H and O–H groups in total. The summed E-state index contributed by atoms with van der Waals surface area (Å²) < 4.78 is 1.99. The molecule has 0 fully saturated rings. The number of carbonyl (C=O) groups is 2. The van der Waals surface area contributed by atoms with Crippen LogP contribution in [0.4, 0.5) is 5.69 Å². The van der Waals surface area contributed by atoms with Crippen LogP contribution < -0.4 is 10.6 Å². The third kappa shape index (κ3) is 6.36. The van der Waals surface area contributed by atoms with Gasteiger partial charge in [0.05, 0.1) is 29.6 Å². The molecule has 0 bridgehead atoms. The van der Waals surface area contributed by atoms with Gasteiger partial charge in [-0.1, -0.05) is 84.6 Å². The van der Waals surface area contributed by atoms with Crippen molar-refractivity contribution < 1.29 is 9.59 Å². The second-order valence-electron chi connectivity index (χ2n) is 8.09. The van der Waals surface area contributed by atoms with Crippen molar-refractivity contribution in [1.82, 2.24) is 20.1 Å². The fourth-order valence-corrected chi connectivity index (χ4v) is 4.41. The zero-order valence-corrected chi connectivity index (χ0v) is 20.5. The molecule has 178 valence electrons. The maximum absolute atomic E-state index is 12.9. The lowest BCUT2D eigenvalue weighted by atomic mass is 10.1. The van der Waals surface area contributed by atoms with E-state index in [0.29, 0.717) is 23.0 Å². The number of nitrogens with one attached hydrogen (secondary N) is 2. The van der Waals surface area contributed by atoms with E-state index in [-0.39, 0.29) is 23.6 Å². The summed E-state index contributed by atoms with van der Waals surface area (Å²) >= 11 is 1.31. The van der Waals surface area contributed by atoms with Crippen LogP contribution >= 0.6 is 11.8 Å². The normalized spacial score (nSPS) is 11.6. The minimum absolute atomic E-state index is 0.142. The van der Waals surface area contributed by atoms with E-state index in [4.69, 9.17) is 0 Å². The fourth-order valence-electron chi connectivity index (χ4n) is 3.62. The third-order valence-corrected chi connectivity index (χ3v) is 6.48. The second-order valence-corrected chi connectivity index (χ2v) is 9.03. The number of thioether (sulfide) groups is 1. The van der Waals surface area contributed by atoms with Gasteiger partial charge >= 0.3 is 0 Å². The Balaban J connectivity index is 1.39. The van der Waals surface area contributed by atoms with Crippen molar-refractivity contribution >= 4 is 29.3 Å². The van der Waals surface area contributed by atoms with Gasteiger partial charge in [-0.3, -0.25) is 9.59 Å². The van der Waals surface area contributed by atoms with Crippen molar-refractivity contribution in [3.05, 3.63) is 107 Å². The highest BCUT2D eigenvalue weighted by molar-refractivity contribution is 7.99. The molecule has 0 saturated heterocycles. The summed E-state index contributed by atoms with van der Waals surface area (Å²) in [4.78, 5) is 25.7. The number of carbonyl (C=O) groups excluding carboxylic acids is 2. The Bertz CT molecular complexity index is 1290. The zero-order valence-electron chi connectivity index (χ0n) is 19.6. The standard InChI is InChI=1S/C27H27N5O2S/c1-19(22-13-7-4-8-14-22)28-26(34)23-15-9-10-16-24(23)29-25(33)18-35-27-31-30-20(2)32(27)17-21-11-5-3-6-12-21/h3-16,19H,17-18H2,1-2H3,(H,28,34)(H,29,33)/t19-/m1/s1. The Morgan fingerprint density at radius 3 is 2.31 bits per heavy atom. The van der Waals surface area contributed by atoms with Gasteiger partial charge in [0.2, 0.25) is 5.91 Å². The van der Waals surface area contributed by atoms with E-state index in [0.717, 1.165) is 17.0 Å². The number of benzene rings is 3. The van der Waals surface area contributed by atoms with Gasteiger partial charge in [-0.05, 0) is 37.1 Å². The van der Waals surface area contributed by atoms with Gasteiger partial charge < -0.3 is 15.2 Å². The first-order valence-electron chi connectivity index (χ1n) is 11.3. The summed E-state index contributed by atoms with van der Waals surface area (Å²) in [6.45, 7) is 4.45. The van der Waals surface area contributed by atoms with E-state index in [1.54, 1.807) is 24.3 Å². The van der Waals surface area contributed by atoms with Crippen LogP contribution in [0, 0.1) is 6.92 Å². The van der Waals surface area contributed by atoms with Crippen molar-refractivity contribution in [1.29, 1.82) is 0 Å². The number of aryl methyl sites for hydroxylation is 1. The van der Waals surface area contributed by atoms with Gasteiger partial charge in [0.1, 0.15) is 5.82 Å². The molecule has 0 unspecified atom stereocenters. The van der Waals surface area contributed by atoms with E-state index in [1.165, 1.54) is 11.8 Å². The average molecular weight is 486 g/mol. The molecular weight excluding hydrogens is 458 g/mol. The van der Waals surface area contributed by atoms with Gasteiger partial charge in [-0.25, -0.2) is 0 Å². The van der Waals surface area contributed by atoms with Gasteiger partial charge in [-0.2, -0.15) is 0 Å². The summed E-state index contributed by atoms with van der Waals surface area (Å²) in [5, 5.41) is 14.9. The zero-order chi connectivity index (χ0) is 24.6. The number of para-hydroxylation sites is 1. The molecule has 8 heteroatoms. The number of rotatable bonds is 9. The number of hydrogen-bond donors (Lipinski definition) is 2. The lowest BCUT2D eigenvalue weighted by Gasteiger charge is -2.16. The van der Waals surface area contributed by atoms with Crippen LogP contribution in [-0.4, -0.2) is 32.3 Å². The van der Waals surface area contributed by atoms with Crippen molar-refractivity contribution in [2.24, 2.45) is 0 Å². The lowest BCUT2D eigenvalue weighted by Crippen LogP contribution is -2.28. The van der Waals surface area contributed by atoms with E-state index >= 15 is 0 Å². The number of hydrogen-bond acceptors (Lipinski definition) is 5. The molecule has 0 aliphatic heterocycles. The summed E-state index contributed by atoms with van der Waals surface area (Å²) in [5.74, 6) is 0.455. The van der Waals surface area contributed by atoms with Crippen molar-refractivity contribution in [2.75, 3.05) is 11.1 Å². The molecule has 1 aromatic heterocycles. The van der Waals surface area contributed by atoms with Crippen LogP contribution in [0.3, 0.4) is 0 Å². The Morgan fingerprint density at radius 2 is 1.57 bits per heavy atom. The van der Waals surface area contributed by atoms with Gasteiger partial charge in [0.15, 0.2) is 5.16 Å². The lowest BCUT2D eigenvalue weighted by molar-refractivity contribution is -0.113. The van der Waals surface area contributed by atoms with E-state index in [2.05, 4.69) is 20.8 Å². The number of aromatic nitrogens is 3. The predicted octanol–water partition coefficient (Wildman–Crippen LogP) is 4.86. The number of anilines is 1. The third-order valence-electron chi connectivity index (χ3n) is 5.51. The number of amides is 2. The van der Waals surface area contributed by atoms with Gasteiger partial charge in [-0.15, -0.1) is 10.2 Å². The fraction of sp³-hybridized carbons (Fsp3) is 0.185. The first kappa shape index (κ1) is 24.2. The monoisotopic (exact) mass is 485 g/mol. The molecule has 7 nitrogen and oxygen atoms in total. The van der Waals surface area contributed by atoms with E-state index in [9.17, 15) is 9.59 Å². The highest BCUT2D eigenvalue weighted by Crippen LogP contribution is 2.21. The maximum Gasteiger partial charge on any atom is 0.253 e. The maximum atomic E-state index is 12.9. The second kappa shape index (κ2) is 11.5. The quantitative estimate of drug-likeness (QED) is 0.331. The predicted molar refractivity (Wildman–Crippen MR) is 138 cm³/mol. The topological polar surface area (TPSA) is 88.9 Å². The molecule has 3 aromatic carbocycles. The van der Waals surface area contributed by atoms with Crippen LogP contribution in [0.1, 0.15) is 40.3 Å². The minimum atomic E-state index is -0.247. The van der Waals surface area contributed by atoms with Crippen molar-refractivity contribution in [2.45, 2.75) is 31.6 Å². The Hall–Kier alpha value is -3.91. The molecule has 1 heterocycles. The van der Waals surface area contributed by atoms with Gasteiger partial charge in [0, 0.05) is 0 Å². The summed E-state index contributed by atoms with van der Waals surface area (Å²) in [5.41, 5.74) is 3.02. The van der Waals surface area contributed by atoms with E-state index in [1.807, 2.05) is 79.1 Å². The molecule has 2 amide bonds. The molecule has 0 aliphatic carbocycles. The first-order valence-corrected chi connectivity index (χ1v) is 12.3.